The van der Waals surface area contributed by atoms with Crippen LogP contribution in [0.25, 0.3) is 0 Å². The number of unbranched alkanes of at least 4 members (excludes halogenated alkanes) is 1. The van der Waals surface area contributed by atoms with Crippen molar-refractivity contribution in [2.24, 2.45) is 7.05 Å². The van der Waals surface area contributed by atoms with Gasteiger partial charge in [-0.05, 0) is 57.4 Å². The van der Waals surface area contributed by atoms with Gasteiger partial charge in [0.05, 0.1) is 6.54 Å². The van der Waals surface area contributed by atoms with E-state index in [9.17, 15) is 9.59 Å². The lowest BCUT2D eigenvalue weighted by Gasteiger charge is -2.28. The molecule has 0 fully saturated rings. The Bertz CT molecular complexity index is 893. The molecule has 1 aromatic carbocycles. The Morgan fingerprint density at radius 2 is 1.82 bits per heavy atom. The van der Waals surface area contributed by atoms with Gasteiger partial charge in [0.1, 0.15) is 6.54 Å². The average molecular weight is 457 g/mol. The molecule has 0 aliphatic rings. The summed E-state index contributed by atoms with van der Waals surface area (Å²) in [5.74, 6) is -0.0446. The summed E-state index contributed by atoms with van der Waals surface area (Å²) < 4.78 is 7.47. The van der Waals surface area contributed by atoms with Crippen LogP contribution in [0.3, 0.4) is 0 Å². The number of nitrogens with one attached hydrogen (secondary N) is 1. The van der Waals surface area contributed by atoms with E-state index in [-0.39, 0.29) is 18.5 Å². The van der Waals surface area contributed by atoms with Gasteiger partial charge in [-0.15, -0.1) is 0 Å². The van der Waals surface area contributed by atoms with E-state index in [1.165, 1.54) is 0 Å². The number of aromatic nitrogens is 1. The fourth-order valence-corrected chi connectivity index (χ4v) is 3.66. The number of amides is 3. The van der Waals surface area contributed by atoms with Gasteiger partial charge in [0.15, 0.2) is 0 Å². The normalized spacial score (nSPS) is 10.8. The van der Waals surface area contributed by atoms with Crippen LogP contribution in [0.1, 0.15) is 49.9 Å². The SMILES string of the molecule is CCCCN(Cc1cccn1C)C(=O)CN(CCCOCC)C(=O)Nc1ccc(C)cc1C. The Kier molecular flexibility index (Phi) is 11.0. The summed E-state index contributed by atoms with van der Waals surface area (Å²) in [6.07, 6.45) is 4.58. The quantitative estimate of drug-likeness (QED) is 0.443. The van der Waals surface area contributed by atoms with Crippen molar-refractivity contribution in [3.8, 4) is 0 Å². The fourth-order valence-electron chi connectivity index (χ4n) is 3.66. The summed E-state index contributed by atoms with van der Waals surface area (Å²) in [6, 6.07) is 9.66. The smallest absolute Gasteiger partial charge is 0.322 e. The van der Waals surface area contributed by atoms with Crippen molar-refractivity contribution >= 4 is 17.6 Å². The van der Waals surface area contributed by atoms with Gasteiger partial charge in [-0.1, -0.05) is 31.0 Å². The van der Waals surface area contributed by atoms with Gasteiger partial charge in [0.2, 0.25) is 5.91 Å². The second-order valence-electron chi connectivity index (χ2n) is 8.50. The molecule has 0 saturated heterocycles. The first-order chi connectivity index (χ1) is 15.8. The van der Waals surface area contributed by atoms with Crippen LogP contribution in [-0.2, 0) is 23.1 Å². The first kappa shape index (κ1) is 26.5. The molecule has 2 rings (SSSR count). The molecule has 0 bridgehead atoms. The summed E-state index contributed by atoms with van der Waals surface area (Å²) in [5, 5.41) is 2.99. The third-order valence-electron chi connectivity index (χ3n) is 5.70. The van der Waals surface area contributed by atoms with Crippen molar-refractivity contribution in [1.82, 2.24) is 14.4 Å². The van der Waals surface area contributed by atoms with E-state index in [1.54, 1.807) is 4.90 Å². The van der Waals surface area contributed by atoms with E-state index in [2.05, 4.69) is 12.2 Å². The number of benzene rings is 1. The lowest BCUT2D eigenvalue weighted by atomic mass is 10.1. The monoisotopic (exact) mass is 456 g/mol. The Morgan fingerprint density at radius 3 is 2.45 bits per heavy atom. The van der Waals surface area contributed by atoms with E-state index in [1.807, 2.05) is 73.8 Å². The lowest BCUT2D eigenvalue weighted by Crippen LogP contribution is -2.45. The van der Waals surface area contributed by atoms with Crippen molar-refractivity contribution in [2.45, 2.75) is 53.5 Å². The maximum atomic E-state index is 13.3. The molecule has 2 aromatic rings. The highest BCUT2D eigenvalue weighted by atomic mass is 16.5. The summed E-state index contributed by atoms with van der Waals surface area (Å²) in [5.41, 5.74) is 3.97. The predicted octanol–water partition coefficient (Wildman–Crippen LogP) is 4.73. The molecule has 0 spiro atoms. The van der Waals surface area contributed by atoms with E-state index in [0.717, 1.165) is 35.3 Å². The van der Waals surface area contributed by atoms with Gasteiger partial charge in [0.25, 0.3) is 0 Å². The number of ether oxygens (including phenoxy) is 1. The molecule has 33 heavy (non-hydrogen) atoms. The van der Waals surface area contributed by atoms with Crippen LogP contribution in [-0.4, -0.2) is 59.2 Å². The maximum Gasteiger partial charge on any atom is 0.322 e. The van der Waals surface area contributed by atoms with Crippen LogP contribution in [0.5, 0.6) is 0 Å². The first-order valence-corrected chi connectivity index (χ1v) is 11.9. The Hall–Kier alpha value is -2.80. The zero-order chi connectivity index (χ0) is 24.2. The molecular weight excluding hydrogens is 416 g/mol. The van der Waals surface area contributed by atoms with Gasteiger partial charge in [-0.2, -0.15) is 0 Å². The molecule has 0 aliphatic carbocycles. The highest BCUT2D eigenvalue weighted by molar-refractivity contribution is 5.93. The highest BCUT2D eigenvalue weighted by Crippen LogP contribution is 2.17. The average Bonchev–Trinajstić information content (AvgIpc) is 3.19. The van der Waals surface area contributed by atoms with E-state index < -0.39 is 0 Å². The van der Waals surface area contributed by atoms with Gasteiger partial charge in [-0.3, -0.25) is 4.79 Å². The summed E-state index contributed by atoms with van der Waals surface area (Å²) in [6.45, 7) is 10.9. The van der Waals surface area contributed by atoms with Crippen LogP contribution < -0.4 is 5.32 Å². The van der Waals surface area contributed by atoms with Gasteiger partial charge in [0, 0.05) is 50.9 Å². The summed E-state index contributed by atoms with van der Waals surface area (Å²) in [4.78, 5) is 29.9. The molecule has 0 atom stereocenters. The van der Waals surface area contributed by atoms with Crippen LogP contribution in [0.4, 0.5) is 10.5 Å². The lowest BCUT2D eigenvalue weighted by molar-refractivity contribution is -0.132. The third-order valence-corrected chi connectivity index (χ3v) is 5.70. The van der Waals surface area contributed by atoms with Crippen molar-refractivity contribution in [3.63, 3.8) is 0 Å². The van der Waals surface area contributed by atoms with Gasteiger partial charge < -0.3 is 24.4 Å². The Labute approximate surface area is 198 Å². The van der Waals surface area contributed by atoms with Crippen LogP contribution in [0.15, 0.2) is 36.5 Å². The first-order valence-electron chi connectivity index (χ1n) is 11.9. The van der Waals surface area contributed by atoms with E-state index in [4.69, 9.17) is 4.74 Å². The number of hydrogen-bond donors (Lipinski definition) is 1. The fraction of sp³-hybridized carbons (Fsp3) is 0.538. The number of nitrogens with zero attached hydrogens (tertiary/aromatic N) is 3. The van der Waals surface area contributed by atoms with Gasteiger partial charge in [-0.25, -0.2) is 4.79 Å². The molecule has 7 heteroatoms. The molecule has 3 amide bonds. The number of carbonyl (C=O) groups is 2. The zero-order valence-corrected chi connectivity index (χ0v) is 20.9. The number of hydrogen-bond acceptors (Lipinski definition) is 3. The largest absolute Gasteiger partial charge is 0.382 e. The molecule has 182 valence electrons. The minimum Gasteiger partial charge on any atom is -0.382 e. The molecule has 0 aliphatic heterocycles. The summed E-state index contributed by atoms with van der Waals surface area (Å²) >= 11 is 0. The molecule has 7 nitrogen and oxygen atoms in total. The Morgan fingerprint density at radius 1 is 1.06 bits per heavy atom. The molecule has 1 heterocycles. The predicted molar refractivity (Wildman–Crippen MR) is 133 cm³/mol. The Balaban J connectivity index is 2.13. The number of rotatable bonds is 13. The molecule has 0 unspecified atom stereocenters. The van der Waals surface area contributed by atoms with Crippen molar-refractivity contribution in [3.05, 3.63) is 53.3 Å². The van der Waals surface area contributed by atoms with E-state index >= 15 is 0 Å². The van der Waals surface area contributed by atoms with E-state index in [0.29, 0.717) is 39.3 Å². The highest BCUT2D eigenvalue weighted by Gasteiger charge is 2.22. The van der Waals surface area contributed by atoms with Crippen LogP contribution in [0.2, 0.25) is 0 Å². The van der Waals surface area contributed by atoms with Gasteiger partial charge >= 0.3 is 6.03 Å². The molecule has 1 N–H and O–H groups in total. The van der Waals surface area contributed by atoms with Crippen molar-refractivity contribution < 1.29 is 14.3 Å². The minimum absolute atomic E-state index is 0.0387. The maximum absolute atomic E-state index is 13.3. The topological polar surface area (TPSA) is 66.8 Å². The second kappa shape index (κ2) is 13.7. The molecular formula is C26H40N4O3. The molecule has 1 aromatic heterocycles. The number of aryl methyl sites for hydroxylation is 3. The molecule has 0 saturated carbocycles. The van der Waals surface area contributed by atoms with Crippen LogP contribution in [0, 0.1) is 13.8 Å². The standard InChI is InChI=1S/C26H40N4O3/c1-6-8-15-29(19-23-11-9-14-28(23)5)25(31)20-30(16-10-17-33-7-2)26(32)27-24-13-12-21(3)18-22(24)4/h9,11-14,18H,6-8,10,15-17,19-20H2,1-5H3,(H,27,32). The molecule has 0 radical (unpaired) electrons. The number of carbonyl (C=O) groups excluding carboxylic acids is 2. The number of anilines is 1. The third kappa shape index (κ3) is 8.57. The minimum atomic E-state index is -0.263. The van der Waals surface area contributed by atoms with Crippen LogP contribution >= 0.6 is 0 Å². The van der Waals surface area contributed by atoms with Crippen molar-refractivity contribution in [2.75, 3.05) is 38.2 Å². The number of urea groups is 1. The van der Waals surface area contributed by atoms with Crippen molar-refractivity contribution in [1.29, 1.82) is 0 Å². The second-order valence-corrected chi connectivity index (χ2v) is 8.50. The summed E-state index contributed by atoms with van der Waals surface area (Å²) in [7, 11) is 1.98. The zero-order valence-electron chi connectivity index (χ0n) is 20.9.